The zero-order valence-corrected chi connectivity index (χ0v) is 12.6. The fraction of sp³-hybridized carbons (Fsp3) is 0.611. The summed E-state index contributed by atoms with van der Waals surface area (Å²) in [6, 6.07) is 8.63. The number of para-hydroxylation sites is 1. The first kappa shape index (κ1) is 13.3. The molecule has 3 heteroatoms. The normalized spacial score (nSPS) is 24.5. The number of benzene rings is 1. The number of amides is 1. The quantitative estimate of drug-likeness (QED) is 0.860. The van der Waals surface area contributed by atoms with Gasteiger partial charge >= 0.3 is 0 Å². The Hall–Kier alpha value is -1.35. The molecule has 4 rings (SSSR count). The molecule has 0 radical (unpaired) electrons. The van der Waals surface area contributed by atoms with Gasteiger partial charge in [0.2, 0.25) is 5.91 Å². The largest absolute Gasteiger partial charge is 0.317 e. The van der Waals surface area contributed by atoms with Gasteiger partial charge in [-0.1, -0.05) is 31.0 Å². The number of carbonyl (C=O) groups is 1. The first-order valence-corrected chi connectivity index (χ1v) is 8.42. The fourth-order valence-corrected chi connectivity index (χ4v) is 4.60. The van der Waals surface area contributed by atoms with Gasteiger partial charge in [-0.3, -0.25) is 4.79 Å². The molecule has 3 aliphatic rings. The second kappa shape index (κ2) is 5.13. The van der Waals surface area contributed by atoms with Gasteiger partial charge in [-0.15, -0.1) is 0 Å². The van der Waals surface area contributed by atoms with Gasteiger partial charge in [-0.2, -0.15) is 0 Å². The maximum Gasteiger partial charge on any atom is 0.230 e. The Morgan fingerprint density at radius 2 is 1.86 bits per heavy atom. The number of anilines is 1. The Balaban J connectivity index is 1.66. The molecule has 3 nitrogen and oxygen atoms in total. The Bertz CT molecular complexity index is 542. The molecule has 1 saturated carbocycles. The zero-order valence-electron chi connectivity index (χ0n) is 12.6. The van der Waals surface area contributed by atoms with Crippen LogP contribution in [0.4, 0.5) is 5.69 Å². The first-order valence-electron chi connectivity index (χ1n) is 8.42. The molecular formula is C18H24N2O. The van der Waals surface area contributed by atoms with Gasteiger partial charge < -0.3 is 10.2 Å². The molecule has 21 heavy (non-hydrogen) atoms. The summed E-state index contributed by atoms with van der Waals surface area (Å²) in [5.41, 5.74) is 2.90. The highest BCUT2D eigenvalue weighted by Gasteiger charge is 2.46. The molecular weight excluding hydrogens is 260 g/mol. The number of fused-ring (bicyclic) bond motifs is 2. The van der Waals surface area contributed by atoms with Gasteiger partial charge in [0.15, 0.2) is 0 Å². The van der Waals surface area contributed by atoms with E-state index in [1.807, 2.05) is 0 Å². The molecule has 112 valence electrons. The first-order chi connectivity index (χ1) is 10.3. The summed E-state index contributed by atoms with van der Waals surface area (Å²) < 4.78 is 0. The summed E-state index contributed by atoms with van der Waals surface area (Å²) in [6.45, 7) is 2.89. The monoisotopic (exact) mass is 284 g/mol. The van der Waals surface area contributed by atoms with Gasteiger partial charge in [0, 0.05) is 23.6 Å². The van der Waals surface area contributed by atoms with E-state index in [9.17, 15) is 4.79 Å². The summed E-state index contributed by atoms with van der Waals surface area (Å²) in [5, 5.41) is 3.36. The van der Waals surface area contributed by atoms with Gasteiger partial charge in [0.25, 0.3) is 0 Å². The lowest BCUT2D eigenvalue weighted by Gasteiger charge is -2.29. The van der Waals surface area contributed by atoms with Crippen molar-refractivity contribution in [2.45, 2.75) is 43.9 Å². The van der Waals surface area contributed by atoms with Crippen molar-refractivity contribution in [2.24, 2.45) is 5.92 Å². The molecule has 2 fully saturated rings. The predicted molar refractivity (Wildman–Crippen MR) is 84.5 cm³/mol. The molecule has 1 saturated heterocycles. The SMILES string of the molecule is O=C(C1CCNCC1)N1CC2(CCCC2)c2ccccc21. The summed E-state index contributed by atoms with van der Waals surface area (Å²) in [5.74, 6) is 0.587. The zero-order chi connectivity index (χ0) is 14.3. The van der Waals surface area contributed by atoms with Crippen LogP contribution in [0.5, 0.6) is 0 Å². The van der Waals surface area contributed by atoms with Crippen LogP contribution in [-0.4, -0.2) is 25.5 Å². The van der Waals surface area contributed by atoms with E-state index >= 15 is 0 Å². The van der Waals surface area contributed by atoms with E-state index in [1.54, 1.807) is 0 Å². The fourth-order valence-electron chi connectivity index (χ4n) is 4.60. The lowest BCUT2D eigenvalue weighted by molar-refractivity contribution is -0.123. The third-order valence-corrected chi connectivity index (χ3v) is 5.74. The number of carbonyl (C=O) groups excluding carboxylic acids is 1. The molecule has 0 bridgehead atoms. The highest BCUT2D eigenvalue weighted by molar-refractivity contribution is 5.98. The predicted octanol–water partition coefficient (Wildman–Crippen LogP) is 2.84. The summed E-state index contributed by atoms with van der Waals surface area (Å²) in [4.78, 5) is 15.1. The average Bonchev–Trinajstić information content (AvgIpc) is 3.15. The molecule has 1 spiro atoms. The Labute approximate surface area is 126 Å². The molecule has 2 aliphatic heterocycles. The minimum Gasteiger partial charge on any atom is -0.317 e. The van der Waals surface area contributed by atoms with Crippen LogP contribution >= 0.6 is 0 Å². The standard InChI is InChI=1S/C18H24N2O/c21-17(14-7-11-19-12-8-14)20-13-18(9-3-4-10-18)15-5-1-2-6-16(15)20/h1-2,5-6,14,19H,3-4,7-13H2. The van der Waals surface area contributed by atoms with Crippen molar-refractivity contribution in [3.05, 3.63) is 29.8 Å². The van der Waals surface area contributed by atoms with Crippen LogP contribution in [0.25, 0.3) is 0 Å². The van der Waals surface area contributed by atoms with Crippen molar-refractivity contribution in [3.8, 4) is 0 Å². The molecule has 1 aromatic carbocycles. The molecule has 0 unspecified atom stereocenters. The maximum absolute atomic E-state index is 13.0. The minimum absolute atomic E-state index is 0.218. The highest BCUT2D eigenvalue weighted by Crippen LogP contribution is 2.50. The summed E-state index contributed by atoms with van der Waals surface area (Å²) in [7, 11) is 0. The second-order valence-electron chi connectivity index (χ2n) is 6.95. The molecule has 0 atom stereocenters. The van der Waals surface area contributed by atoms with Crippen LogP contribution in [0.2, 0.25) is 0 Å². The van der Waals surface area contributed by atoms with E-state index in [-0.39, 0.29) is 11.3 Å². The van der Waals surface area contributed by atoms with Crippen LogP contribution in [0.3, 0.4) is 0 Å². The van der Waals surface area contributed by atoms with Crippen molar-refractivity contribution in [2.75, 3.05) is 24.5 Å². The number of piperidine rings is 1. The van der Waals surface area contributed by atoms with E-state index in [0.717, 1.165) is 32.5 Å². The number of nitrogens with zero attached hydrogens (tertiary/aromatic N) is 1. The summed E-state index contributed by atoms with van der Waals surface area (Å²) >= 11 is 0. The van der Waals surface area contributed by atoms with E-state index in [0.29, 0.717) is 5.91 Å². The van der Waals surface area contributed by atoms with E-state index < -0.39 is 0 Å². The third-order valence-electron chi connectivity index (χ3n) is 5.74. The van der Waals surface area contributed by atoms with E-state index in [2.05, 4.69) is 34.5 Å². The smallest absolute Gasteiger partial charge is 0.230 e. The van der Waals surface area contributed by atoms with Crippen LogP contribution in [0, 0.1) is 5.92 Å². The van der Waals surface area contributed by atoms with E-state index in [4.69, 9.17) is 0 Å². The molecule has 2 heterocycles. The Morgan fingerprint density at radius 1 is 1.14 bits per heavy atom. The van der Waals surface area contributed by atoms with Crippen molar-refractivity contribution in [3.63, 3.8) is 0 Å². The number of hydrogen-bond acceptors (Lipinski definition) is 2. The van der Waals surface area contributed by atoms with Crippen molar-refractivity contribution in [1.29, 1.82) is 0 Å². The summed E-state index contributed by atoms with van der Waals surface area (Å²) in [6.07, 6.45) is 7.10. The number of hydrogen-bond donors (Lipinski definition) is 1. The van der Waals surface area contributed by atoms with Gasteiger partial charge in [0.1, 0.15) is 0 Å². The maximum atomic E-state index is 13.0. The minimum atomic E-state index is 0.218. The van der Waals surface area contributed by atoms with Crippen LogP contribution in [0.15, 0.2) is 24.3 Å². The highest BCUT2D eigenvalue weighted by atomic mass is 16.2. The van der Waals surface area contributed by atoms with Crippen LogP contribution < -0.4 is 10.2 Å². The Morgan fingerprint density at radius 3 is 2.62 bits per heavy atom. The van der Waals surface area contributed by atoms with Crippen LogP contribution in [-0.2, 0) is 10.2 Å². The number of rotatable bonds is 1. The molecule has 1 aromatic rings. The lowest BCUT2D eigenvalue weighted by Crippen LogP contribution is -2.42. The van der Waals surface area contributed by atoms with Gasteiger partial charge in [-0.05, 0) is 50.4 Å². The van der Waals surface area contributed by atoms with Gasteiger partial charge in [0.05, 0.1) is 0 Å². The van der Waals surface area contributed by atoms with Crippen molar-refractivity contribution in [1.82, 2.24) is 5.32 Å². The van der Waals surface area contributed by atoms with Gasteiger partial charge in [-0.25, -0.2) is 0 Å². The molecule has 1 aliphatic carbocycles. The third kappa shape index (κ3) is 2.10. The average molecular weight is 284 g/mol. The van der Waals surface area contributed by atoms with Crippen molar-refractivity contribution >= 4 is 11.6 Å². The number of nitrogens with one attached hydrogen (secondary N) is 1. The lowest BCUT2D eigenvalue weighted by atomic mass is 9.81. The molecule has 0 aromatic heterocycles. The van der Waals surface area contributed by atoms with E-state index in [1.165, 1.54) is 36.9 Å². The Kier molecular flexibility index (Phi) is 3.26. The second-order valence-corrected chi connectivity index (χ2v) is 6.95. The van der Waals surface area contributed by atoms with Crippen LogP contribution in [0.1, 0.15) is 44.1 Å². The molecule has 1 N–H and O–H groups in total. The topological polar surface area (TPSA) is 32.3 Å². The van der Waals surface area contributed by atoms with Crippen molar-refractivity contribution < 1.29 is 4.79 Å². The molecule has 1 amide bonds.